The van der Waals surface area contributed by atoms with Crippen LogP contribution in [0, 0.1) is 0 Å². The molecule has 0 radical (unpaired) electrons. The molecule has 8 heteroatoms. The molecule has 0 bridgehead atoms. The molecule has 0 aliphatic carbocycles. The molecule has 1 aromatic heterocycles. The van der Waals surface area contributed by atoms with E-state index in [1.807, 2.05) is 35.2 Å². The molecule has 3 saturated heterocycles. The zero-order valence-corrected chi connectivity index (χ0v) is 15.5. The first kappa shape index (κ1) is 17.5. The Bertz CT molecular complexity index is 879. The maximum absolute atomic E-state index is 13.5. The highest BCUT2D eigenvalue weighted by molar-refractivity contribution is 6.06. The molecule has 0 saturated carbocycles. The Balaban J connectivity index is 1.41. The molecule has 28 heavy (non-hydrogen) atoms. The molecule has 5 rings (SSSR count). The fourth-order valence-electron chi connectivity index (χ4n) is 4.83. The van der Waals surface area contributed by atoms with Crippen LogP contribution in [0.15, 0.2) is 42.9 Å². The van der Waals surface area contributed by atoms with Crippen LogP contribution in [0.3, 0.4) is 0 Å². The van der Waals surface area contributed by atoms with Crippen LogP contribution in [0.25, 0.3) is 0 Å². The first-order valence-corrected chi connectivity index (χ1v) is 9.61. The van der Waals surface area contributed by atoms with Gasteiger partial charge >= 0.3 is 0 Å². The number of carbonyl (C=O) groups is 2. The monoisotopic (exact) mass is 381 g/mol. The van der Waals surface area contributed by atoms with Crippen molar-refractivity contribution in [2.75, 3.05) is 19.6 Å². The van der Waals surface area contributed by atoms with Gasteiger partial charge in [0.15, 0.2) is 0 Å². The number of aliphatic hydroxyl groups is 1. The minimum Gasteiger partial charge on any atom is -0.392 e. The summed E-state index contributed by atoms with van der Waals surface area (Å²) in [5.41, 5.74) is 1.19. The first-order chi connectivity index (χ1) is 13.6. The molecular weight excluding hydrogens is 358 g/mol. The molecule has 1 aromatic carbocycles. The molecule has 8 nitrogen and oxygen atoms in total. The molecule has 0 unspecified atom stereocenters. The van der Waals surface area contributed by atoms with Gasteiger partial charge in [-0.3, -0.25) is 24.3 Å². The second kappa shape index (κ2) is 6.51. The van der Waals surface area contributed by atoms with E-state index < -0.39 is 17.7 Å². The van der Waals surface area contributed by atoms with Gasteiger partial charge in [0.2, 0.25) is 5.91 Å². The number of imide groups is 1. The van der Waals surface area contributed by atoms with Gasteiger partial charge in [0.25, 0.3) is 5.91 Å². The summed E-state index contributed by atoms with van der Waals surface area (Å²) in [5, 5.41) is 10.2. The van der Waals surface area contributed by atoms with Crippen LogP contribution in [0.2, 0.25) is 0 Å². The number of likely N-dealkylation sites (tertiary alicyclic amines) is 1. The minimum atomic E-state index is -0.731. The second-order valence-corrected chi connectivity index (χ2v) is 8.03. The summed E-state index contributed by atoms with van der Waals surface area (Å²) in [6.07, 6.45) is 3.24. The van der Waals surface area contributed by atoms with E-state index >= 15 is 0 Å². The number of β-amino-alcohol motifs (C(OH)–C–C–N with tert-alkyl or cyclic N) is 1. The third-order valence-electron chi connectivity index (χ3n) is 6.13. The molecular formula is C20H23N5O3. The van der Waals surface area contributed by atoms with Crippen molar-refractivity contribution in [3.05, 3.63) is 54.1 Å². The maximum atomic E-state index is 13.5. The first-order valence-electron chi connectivity index (χ1n) is 9.61. The molecule has 3 aliphatic heterocycles. The largest absolute Gasteiger partial charge is 0.392 e. The number of aromatic nitrogens is 2. The maximum Gasteiger partial charge on any atom is 0.252 e. The molecule has 2 atom stereocenters. The van der Waals surface area contributed by atoms with E-state index in [-0.39, 0.29) is 18.4 Å². The standard InChI is InChI=1S/C20H23N5O3/c26-16-6-17-18(27)24(8-14-4-2-1-3-5-14)19(28)20(25(17)10-16)11-23(12-20)9-15-7-21-13-22-15/h1-5,7,13,16-17,26H,6,8-12H2,(H,21,22)/t16-,17+/m1/s1. The minimum absolute atomic E-state index is 0.146. The number of nitrogens with zero attached hydrogens (tertiary/aromatic N) is 4. The normalized spacial score (nSPS) is 27.2. The number of aliphatic hydroxyl groups excluding tert-OH is 1. The lowest BCUT2D eigenvalue weighted by Gasteiger charge is -2.58. The van der Waals surface area contributed by atoms with Crippen molar-refractivity contribution in [1.29, 1.82) is 0 Å². The summed E-state index contributed by atoms with van der Waals surface area (Å²) in [7, 11) is 0. The summed E-state index contributed by atoms with van der Waals surface area (Å²) in [5.74, 6) is -0.337. The summed E-state index contributed by atoms with van der Waals surface area (Å²) in [4.78, 5) is 39.2. The van der Waals surface area contributed by atoms with Crippen LogP contribution in [-0.2, 0) is 22.7 Å². The molecule has 2 N–H and O–H groups in total. The van der Waals surface area contributed by atoms with Crippen molar-refractivity contribution < 1.29 is 14.7 Å². The molecule has 146 valence electrons. The third kappa shape index (κ3) is 2.68. The predicted octanol–water partition coefficient (Wildman–Crippen LogP) is -0.0317. The molecule has 3 aliphatic rings. The van der Waals surface area contributed by atoms with Gasteiger partial charge in [0, 0.05) is 38.1 Å². The van der Waals surface area contributed by atoms with Crippen LogP contribution in [-0.4, -0.2) is 78.9 Å². The van der Waals surface area contributed by atoms with Gasteiger partial charge in [-0.2, -0.15) is 0 Å². The summed E-state index contributed by atoms with van der Waals surface area (Å²) in [6.45, 7) is 2.43. The zero-order chi connectivity index (χ0) is 19.3. The van der Waals surface area contributed by atoms with Crippen LogP contribution in [0.5, 0.6) is 0 Å². The van der Waals surface area contributed by atoms with Gasteiger partial charge in [0.05, 0.1) is 25.0 Å². The van der Waals surface area contributed by atoms with Crippen LogP contribution >= 0.6 is 0 Å². The number of nitrogens with one attached hydrogen (secondary N) is 1. The Labute approximate surface area is 162 Å². The summed E-state index contributed by atoms with van der Waals surface area (Å²) in [6, 6.07) is 9.16. The van der Waals surface area contributed by atoms with Gasteiger partial charge in [0.1, 0.15) is 5.54 Å². The number of benzene rings is 1. The van der Waals surface area contributed by atoms with Gasteiger partial charge < -0.3 is 10.1 Å². The number of carbonyl (C=O) groups excluding carboxylic acids is 2. The summed E-state index contributed by atoms with van der Waals surface area (Å²) >= 11 is 0. The lowest BCUT2D eigenvalue weighted by Crippen LogP contribution is -2.81. The van der Waals surface area contributed by atoms with Gasteiger partial charge in [-0.25, -0.2) is 4.98 Å². The van der Waals surface area contributed by atoms with E-state index in [4.69, 9.17) is 0 Å². The number of hydrogen-bond acceptors (Lipinski definition) is 6. The number of imidazole rings is 1. The Morgan fingerprint density at radius 1 is 1.18 bits per heavy atom. The van der Waals surface area contributed by atoms with E-state index in [0.29, 0.717) is 32.6 Å². The molecule has 2 amide bonds. The van der Waals surface area contributed by atoms with Gasteiger partial charge in [-0.05, 0) is 12.0 Å². The van der Waals surface area contributed by atoms with Crippen molar-refractivity contribution in [2.45, 2.75) is 37.2 Å². The Morgan fingerprint density at radius 2 is 1.96 bits per heavy atom. The molecule has 1 spiro atoms. The van der Waals surface area contributed by atoms with Crippen molar-refractivity contribution in [2.24, 2.45) is 0 Å². The van der Waals surface area contributed by atoms with E-state index in [2.05, 4.69) is 14.9 Å². The Kier molecular flexibility index (Phi) is 4.08. The van der Waals surface area contributed by atoms with Gasteiger partial charge in [-0.15, -0.1) is 0 Å². The van der Waals surface area contributed by atoms with E-state index in [1.165, 1.54) is 4.90 Å². The lowest BCUT2D eigenvalue weighted by atomic mass is 9.82. The van der Waals surface area contributed by atoms with E-state index in [0.717, 1.165) is 11.3 Å². The average Bonchev–Trinajstić information content (AvgIpc) is 3.31. The summed E-state index contributed by atoms with van der Waals surface area (Å²) < 4.78 is 0. The molecule has 4 heterocycles. The van der Waals surface area contributed by atoms with Crippen LogP contribution in [0.4, 0.5) is 0 Å². The number of aromatic amines is 1. The van der Waals surface area contributed by atoms with Crippen molar-refractivity contribution in [3.63, 3.8) is 0 Å². The van der Waals surface area contributed by atoms with Crippen LogP contribution < -0.4 is 0 Å². The van der Waals surface area contributed by atoms with Gasteiger partial charge in [-0.1, -0.05) is 30.3 Å². The number of piperazine rings is 1. The number of amides is 2. The fourth-order valence-corrected chi connectivity index (χ4v) is 4.83. The fraction of sp³-hybridized carbons (Fsp3) is 0.450. The number of fused-ring (bicyclic) bond motifs is 2. The quantitative estimate of drug-likeness (QED) is 0.723. The zero-order valence-electron chi connectivity index (χ0n) is 15.5. The highest BCUT2D eigenvalue weighted by atomic mass is 16.3. The SMILES string of the molecule is O=C1[C@@H]2C[C@@H](O)CN2C2(CN(Cc3cnc[nH]3)C2)C(=O)N1Cc1ccccc1. The number of rotatable bonds is 4. The van der Waals surface area contributed by atoms with Crippen LogP contribution in [0.1, 0.15) is 17.7 Å². The molecule has 3 fully saturated rings. The lowest BCUT2D eigenvalue weighted by molar-refractivity contribution is -0.181. The van der Waals surface area contributed by atoms with Crippen molar-refractivity contribution >= 4 is 11.8 Å². The average molecular weight is 381 g/mol. The topological polar surface area (TPSA) is 92.8 Å². The highest BCUT2D eigenvalue weighted by Crippen LogP contribution is 2.41. The molecule has 2 aromatic rings. The Morgan fingerprint density at radius 3 is 2.68 bits per heavy atom. The Hall–Kier alpha value is -2.55. The van der Waals surface area contributed by atoms with E-state index in [1.54, 1.807) is 12.5 Å². The van der Waals surface area contributed by atoms with E-state index in [9.17, 15) is 14.7 Å². The number of H-pyrrole nitrogens is 1. The second-order valence-electron chi connectivity index (χ2n) is 8.03. The van der Waals surface area contributed by atoms with Crippen molar-refractivity contribution in [1.82, 2.24) is 24.7 Å². The predicted molar refractivity (Wildman–Crippen MR) is 99.7 cm³/mol. The smallest absolute Gasteiger partial charge is 0.252 e. The third-order valence-corrected chi connectivity index (χ3v) is 6.13. The van der Waals surface area contributed by atoms with Crippen molar-refractivity contribution in [3.8, 4) is 0 Å². The highest BCUT2D eigenvalue weighted by Gasteiger charge is 2.64. The number of hydrogen-bond donors (Lipinski definition) is 2.